The first-order chi connectivity index (χ1) is 9.24. The van der Waals surface area contributed by atoms with Crippen molar-refractivity contribution in [1.82, 2.24) is 20.0 Å². The highest BCUT2D eigenvalue weighted by molar-refractivity contribution is 4.79. The minimum atomic E-state index is -0.385. The zero-order valence-corrected chi connectivity index (χ0v) is 11.8. The minimum absolute atomic E-state index is 0.385. The predicted molar refractivity (Wildman–Crippen MR) is 76.0 cm³/mol. The summed E-state index contributed by atoms with van der Waals surface area (Å²) in [5, 5.41) is 17.4. The van der Waals surface area contributed by atoms with Crippen LogP contribution in [0.25, 0.3) is 0 Å². The number of likely N-dealkylation sites (tertiary alicyclic amines) is 1. The quantitative estimate of drug-likeness (QED) is 0.763. The topological polar surface area (TPSA) is 53.3 Å². The van der Waals surface area contributed by atoms with E-state index >= 15 is 0 Å². The molecule has 1 fully saturated rings. The second-order valence-corrected chi connectivity index (χ2v) is 5.55. The van der Waals surface area contributed by atoms with Crippen molar-refractivity contribution in [3.8, 4) is 0 Å². The molecule has 1 aliphatic heterocycles. The van der Waals surface area contributed by atoms with Crippen LogP contribution in [0.5, 0.6) is 0 Å². The van der Waals surface area contributed by atoms with E-state index in [9.17, 15) is 5.11 Å². The van der Waals surface area contributed by atoms with Gasteiger partial charge >= 0.3 is 0 Å². The first-order valence-corrected chi connectivity index (χ1v) is 7.35. The highest BCUT2D eigenvalue weighted by Crippen LogP contribution is 2.08. The summed E-state index contributed by atoms with van der Waals surface area (Å²) in [6.07, 6.45) is 7.26. The summed E-state index contributed by atoms with van der Waals surface area (Å²) < 4.78 is 1.77. The molecule has 2 atom stereocenters. The summed E-state index contributed by atoms with van der Waals surface area (Å²) in [5.74, 6) is 0. The van der Waals surface area contributed by atoms with E-state index in [0.29, 0.717) is 19.1 Å². The van der Waals surface area contributed by atoms with Crippen LogP contribution in [0.15, 0.2) is 18.5 Å². The third-order valence-electron chi connectivity index (χ3n) is 3.64. The molecule has 0 aliphatic carbocycles. The number of aliphatic hydroxyl groups is 1. The van der Waals surface area contributed by atoms with Crippen LogP contribution in [0.1, 0.15) is 26.2 Å². The van der Waals surface area contributed by atoms with Gasteiger partial charge in [0.2, 0.25) is 0 Å². The Bertz CT molecular complexity index is 335. The van der Waals surface area contributed by atoms with Gasteiger partial charge in [0.05, 0.1) is 12.6 Å². The zero-order valence-electron chi connectivity index (χ0n) is 11.8. The SMILES string of the molecule is CC(CN1CCCCC1)NCC(O)Cn1cccn1. The molecule has 5 nitrogen and oxygen atoms in total. The summed E-state index contributed by atoms with van der Waals surface area (Å²) in [4.78, 5) is 2.51. The smallest absolute Gasteiger partial charge is 0.0860 e. The average Bonchev–Trinajstić information content (AvgIpc) is 2.90. The van der Waals surface area contributed by atoms with Crippen LogP contribution in [0.4, 0.5) is 0 Å². The summed E-state index contributed by atoms with van der Waals surface area (Å²) in [6.45, 7) is 6.89. The number of piperidine rings is 1. The predicted octanol–water partition coefficient (Wildman–Crippen LogP) is 0.708. The lowest BCUT2D eigenvalue weighted by atomic mass is 10.1. The van der Waals surface area contributed by atoms with Crippen LogP contribution in [-0.2, 0) is 6.54 Å². The second kappa shape index (κ2) is 7.62. The molecule has 0 bridgehead atoms. The molecule has 108 valence electrons. The van der Waals surface area contributed by atoms with Crippen LogP contribution in [0, 0.1) is 0 Å². The van der Waals surface area contributed by atoms with E-state index < -0.39 is 0 Å². The largest absolute Gasteiger partial charge is 0.390 e. The number of hydrogen-bond acceptors (Lipinski definition) is 4. The van der Waals surface area contributed by atoms with Crippen molar-refractivity contribution >= 4 is 0 Å². The Labute approximate surface area is 115 Å². The van der Waals surface area contributed by atoms with Gasteiger partial charge in [-0.2, -0.15) is 5.10 Å². The number of aliphatic hydroxyl groups excluding tert-OH is 1. The molecule has 0 saturated carbocycles. The maximum absolute atomic E-state index is 9.94. The van der Waals surface area contributed by atoms with Crippen molar-refractivity contribution in [2.75, 3.05) is 26.2 Å². The lowest BCUT2D eigenvalue weighted by molar-refractivity contribution is 0.137. The van der Waals surface area contributed by atoms with E-state index in [1.54, 1.807) is 10.9 Å². The van der Waals surface area contributed by atoms with Gasteiger partial charge in [-0.25, -0.2) is 0 Å². The van der Waals surface area contributed by atoms with E-state index in [4.69, 9.17) is 0 Å². The first kappa shape index (κ1) is 14.5. The third-order valence-corrected chi connectivity index (χ3v) is 3.64. The molecule has 2 heterocycles. The molecule has 2 N–H and O–H groups in total. The molecule has 19 heavy (non-hydrogen) atoms. The van der Waals surface area contributed by atoms with Gasteiger partial charge in [-0.1, -0.05) is 6.42 Å². The monoisotopic (exact) mass is 266 g/mol. The highest BCUT2D eigenvalue weighted by atomic mass is 16.3. The normalized spacial score (nSPS) is 20.3. The van der Waals surface area contributed by atoms with Crippen LogP contribution in [0.2, 0.25) is 0 Å². The molecule has 2 unspecified atom stereocenters. The summed E-state index contributed by atoms with van der Waals surface area (Å²) in [7, 11) is 0. The van der Waals surface area contributed by atoms with Gasteiger partial charge in [-0.05, 0) is 38.9 Å². The number of hydrogen-bond donors (Lipinski definition) is 2. The molecule has 0 radical (unpaired) electrons. The molecule has 0 aromatic carbocycles. The molecular weight excluding hydrogens is 240 g/mol. The van der Waals surface area contributed by atoms with Gasteiger partial charge in [0.25, 0.3) is 0 Å². The van der Waals surface area contributed by atoms with Gasteiger partial charge in [-0.15, -0.1) is 0 Å². The van der Waals surface area contributed by atoms with Crippen LogP contribution >= 0.6 is 0 Å². The molecule has 1 saturated heterocycles. The number of nitrogens with one attached hydrogen (secondary N) is 1. The fourth-order valence-corrected chi connectivity index (χ4v) is 2.62. The van der Waals surface area contributed by atoms with E-state index in [-0.39, 0.29) is 6.10 Å². The number of nitrogens with zero attached hydrogens (tertiary/aromatic N) is 3. The van der Waals surface area contributed by atoms with E-state index in [2.05, 4.69) is 22.2 Å². The fourth-order valence-electron chi connectivity index (χ4n) is 2.62. The number of rotatable bonds is 7. The van der Waals surface area contributed by atoms with Gasteiger partial charge in [0.15, 0.2) is 0 Å². The summed E-state index contributed by atoms with van der Waals surface area (Å²) in [5.41, 5.74) is 0. The van der Waals surface area contributed by atoms with Crippen LogP contribution < -0.4 is 5.32 Å². The Balaban J connectivity index is 1.61. The summed E-state index contributed by atoms with van der Waals surface area (Å²) in [6, 6.07) is 2.30. The average molecular weight is 266 g/mol. The molecule has 2 rings (SSSR count). The molecule has 0 amide bonds. The fraction of sp³-hybridized carbons (Fsp3) is 0.786. The van der Waals surface area contributed by atoms with Crippen molar-refractivity contribution in [3.63, 3.8) is 0 Å². The Hall–Kier alpha value is -0.910. The molecule has 0 spiro atoms. The van der Waals surface area contributed by atoms with E-state index in [1.165, 1.54) is 32.4 Å². The first-order valence-electron chi connectivity index (χ1n) is 7.35. The molecule has 1 aromatic rings. The van der Waals surface area contributed by atoms with Gasteiger partial charge in [0, 0.05) is 31.5 Å². The summed E-state index contributed by atoms with van der Waals surface area (Å²) >= 11 is 0. The lowest BCUT2D eigenvalue weighted by Gasteiger charge is -2.29. The zero-order chi connectivity index (χ0) is 13.5. The van der Waals surface area contributed by atoms with Gasteiger partial charge in [-0.3, -0.25) is 4.68 Å². The Morgan fingerprint density at radius 2 is 2.05 bits per heavy atom. The maximum Gasteiger partial charge on any atom is 0.0860 e. The molecule has 5 heteroatoms. The molecular formula is C14H26N4O. The van der Waals surface area contributed by atoms with Gasteiger partial charge in [0.1, 0.15) is 0 Å². The number of aromatic nitrogens is 2. The molecule has 1 aliphatic rings. The van der Waals surface area contributed by atoms with Crippen molar-refractivity contribution in [2.45, 2.75) is 44.9 Å². The maximum atomic E-state index is 9.94. The lowest BCUT2D eigenvalue weighted by Crippen LogP contribution is -2.44. The van der Waals surface area contributed by atoms with Gasteiger partial charge < -0.3 is 15.3 Å². The highest BCUT2D eigenvalue weighted by Gasteiger charge is 2.14. The van der Waals surface area contributed by atoms with E-state index in [1.807, 2.05) is 12.3 Å². The van der Waals surface area contributed by atoms with Crippen LogP contribution in [0.3, 0.4) is 0 Å². The van der Waals surface area contributed by atoms with Crippen molar-refractivity contribution in [3.05, 3.63) is 18.5 Å². The molecule has 1 aromatic heterocycles. The van der Waals surface area contributed by atoms with Crippen molar-refractivity contribution in [2.24, 2.45) is 0 Å². The van der Waals surface area contributed by atoms with Crippen molar-refractivity contribution in [1.29, 1.82) is 0 Å². The Morgan fingerprint density at radius 1 is 1.26 bits per heavy atom. The third kappa shape index (κ3) is 5.30. The Morgan fingerprint density at radius 3 is 2.74 bits per heavy atom. The standard InChI is InChI=1S/C14H26N4O/c1-13(11-17-7-3-2-4-8-17)15-10-14(19)12-18-9-5-6-16-18/h5-6,9,13-15,19H,2-4,7-8,10-12H2,1H3. The van der Waals surface area contributed by atoms with Crippen LogP contribution in [-0.4, -0.2) is 58.1 Å². The van der Waals surface area contributed by atoms with Crippen molar-refractivity contribution < 1.29 is 5.11 Å². The van der Waals surface area contributed by atoms with E-state index in [0.717, 1.165) is 6.54 Å². The minimum Gasteiger partial charge on any atom is -0.390 e. The Kier molecular flexibility index (Phi) is 5.82. The second-order valence-electron chi connectivity index (χ2n) is 5.55.